The molecule has 1 aromatic rings. The van der Waals surface area contributed by atoms with Crippen LogP contribution in [0.3, 0.4) is 0 Å². The molecule has 1 saturated heterocycles. The second-order valence-electron chi connectivity index (χ2n) is 4.09. The topological polar surface area (TPSA) is 41.5 Å². The van der Waals surface area contributed by atoms with Crippen molar-refractivity contribution < 1.29 is 14.2 Å². The van der Waals surface area contributed by atoms with Crippen molar-refractivity contribution in [1.82, 2.24) is 5.32 Å². The molecule has 1 heterocycles. The summed E-state index contributed by atoms with van der Waals surface area (Å²) in [6.07, 6.45) is 2.81. The molecule has 1 aromatic carbocycles. The first-order chi connectivity index (χ1) is 7.72. The van der Waals surface area contributed by atoms with Gasteiger partial charge in [-0.3, -0.25) is 0 Å². The minimum absolute atomic E-state index is 0.181. The monoisotopic (exact) mass is 225 g/mol. The van der Waals surface area contributed by atoms with Crippen LogP contribution in [0.15, 0.2) is 12.1 Å². The lowest BCUT2D eigenvalue weighted by Crippen LogP contribution is -2.24. The van der Waals surface area contributed by atoms with E-state index < -0.39 is 11.6 Å². The molecule has 16 heavy (non-hydrogen) atoms. The lowest BCUT2D eigenvalue weighted by molar-refractivity contribution is 0.354. The van der Waals surface area contributed by atoms with E-state index in [0.29, 0.717) is 18.0 Å². The minimum atomic E-state index is -0.562. The van der Waals surface area contributed by atoms with Crippen LogP contribution in [0.5, 0.6) is 11.5 Å². The van der Waals surface area contributed by atoms with Gasteiger partial charge in [-0.1, -0.05) is 6.07 Å². The van der Waals surface area contributed by atoms with Gasteiger partial charge in [0.25, 0.3) is 0 Å². The van der Waals surface area contributed by atoms with Crippen LogP contribution in [0.2, 0.25) is 0 Å². The molecule has 0 aromatic heterocycles. The Labute approximate surface area is 94.2 Å². The minimum Gasteiger partial charge on any atom is -0.502 e. The Balaban J connectivity index is 2.18. The number of benzene rings is 1. The van der Waals surface area contributed by atoms with E-state index in [1.165, 1.54) is 7.11 Å². The zero-order chi connectivity index (χ0) is 11.5. The third-order valence-corrected chi connectivity index (χ3v) is 3.01. The van der Waals surface area contributed by atoms with Crippen molar-refractivity contribution in [3.8, 4) is 11.5 Å². The molecule has 2 rings (SSSR count). The van der Waals surface area contributed by atoms with Crippen molar-refractivity contribution in [2.75, 3.05) is 13.7 Å². The highest BCUT2D eigenvalue weighted by Crippen LogP contribution is 2.31. The molecule has 0 amide bonds. The summed E-state index contributed by atoms with van der Waals surface area (Å²) in [5.41, 5.74) is 0.540. The van der Waals surface area contributed by atoms with E-state index in [2.05, 4.69) is 5.32 Å². The summed E-state index contributed by atoms with van der Waals surface area (Å²) in [5.74, 6) is -0.772. The molecule has 0 saturated carbocycles. The van der Waals surface area contributed by atoms with Crippen LogP contribution in [-0.4, -0.2) is 24.8 Å². The smallest absolute Gasteiger partial charge is 0.194 e. The lowest BCUT2D eigenvalue weighted by atomic mass is 10.0. The number of hydrogen-bond donors (Lipinski definition) is 2. The van der Waals surface area contributed by atoms with Crippen LogP contribution < -0.4 is 10.1 Å². The number of halogens is 1. The fourth-order valence-corrected chi connectivity index (χ4v) is 2.11. The molecule has 0 spiro atoms. The highest BCUT2D eigenvalue weighted by atomic mass is 19.1. The van der Waals surface area contributed by atoms with E-state index in [4.69, 9.17) is 4.74 Å². The number of rotatable bonds is 3. The molecule has 1 fully saturated rings. The maximum absolute atomic E-state index is 13.7. The summed E-state index contributed by atoms with van der Waals surface area (Å²) in [7, 11) is 1.41. The van der Waals surface area contributed by atoms with Gasteiger partial charge in [0.05, 0.1) is 7.11 Å². The van der Waals surface area contributed by atoms with Crippen LogP contribution in [0.1, 0.15) is 18.4 Å². The Morgan fingerprint density at radius 3 is 3.00 bits per heavy atom. The van der Waals surface area contributed by atoms with Gasteiger partial charge in [-0.2, -0.15) is 0 Å². The Bertz CT molecular complexity index is 376. The molecular weight excluding hydrogens is 209 g/mol. The molecule has 1 aliphatic rings. The summed E-state index contributed by atoms with van der Waals surface area (Å²) in [5, 5.41) is 12.8. The van der Waals surface area contributed by atoms with Crippen molar-refractivity contribution in [3.05, 3.63) is 23.5 Å². The first kappa shape index (κ1) is 11.2. The molecule has 2 N–H and O–H groups in total. The highest BCUT2D eigenvalue weighted by molar-refractivity contribution is 5.43. The summed E-state index contributed by atoms with van der Waals surface area (Å²) in [6.45, 7) is 0.994. The van der Waals surface area contributed by atoms with Crippen molar-refractivity contribution in [3.63, 3.8) is 0 Å². The number of hydrogen-bond acceptors (Lipinski definition) is 3. The predicted molar refractivity (Wildman–Crippen MR) is 59.3 cm³/mol. The summed E-state index contributed by atoms with van der Waals surface area (Å²) < 4.78 is 18.6. The Hall–Kier alpha value is -1.29. The zero-order valence-electron chi connectivity index (χ0n) is 9.29. The van der Waals surface area contributed by atoms with E-state index in [9.17, 15) is 9.50 Å². The fourth-order valence-electron chi connectivity index (χ4n) is 2.11. The summed E-state index contributed by atoms with van der Waals surface area (Å²) >= 11 is 0. The van der Waals surface area contributed by atoms with Crippen LogP contribution in [-0.2, 0) is 6.42 Å². The van der Waals surface area contributed by atoms with E-state index in [-0.39, 0.29) is 5.75 Å². The van der Waals surface area contributed by atoms with Crippen molar-refractivity contribution >= 4 is 0 Å². The second kappa shape index (κ2) is 4.70. The molecule has 3 nitrogen and oxygen atoms in total. The number of ether oxygens (including phenoxy) is 1. The van der Waals surface area contributed by atoms with Gasteiger partial charge in [-0.25, -0.2) is 4.39 Å². The van der Waals surface area contributed by atoms with E-state index in [1.54, 1.807) is 12.1 Å². The molecule has 88 valence electrons. The summed E-state index contributed by atoms with van der Waals surface area (Å²) in [6, 6.07) is 3.60. The van der Waals surface area contributed by atoms with Crippen LogP contribution >= 0.6 is 0 Å². The van der Waals surface area contributed by atoms with Gasteiger partial charge in [-0.05, 0) is 37.4 Å². The third kappa shape index (κ3) is 2.11. The third-order valence-electron chi connectivity index (χ3n) is 3.01. The Morgan fingerprint density at radius 2 is 2.38 bits per heavy atom. The Morgan fingerprint density at radius 1 is 1.56 bits per heavy atom. The number of aromatic hydroxyl groups is 1. The van der Waals surface area contributed by atoms with Crippen LogP contribution in [0.4, 0.5) is 4.39 Å². The SMILES string of the molecule is COc1ccc(CC2CCCN2)c(F)c1O. The summed E-state index contributed by atoms with van der Waals surface area (Å²) in [4.78, 5) is 0. The predicted octanol–water partition coefficient (Wildman–Crippen LogP) is 1.83. The maximum atomic E-state index is 13.7. The lowest BCUT2D eigenvalue weighted by Gasteiger charge is -2.12. The van der Waals surface area contributed by atoms with E-state index >= 15 is 0 Å². The van der Waals surface area contributed by atoms with Crippen LogP contribution in [0.25, 0.3) is 0 Å². The Kier molecular flexibility index (Phi) is 3.29. The van der Waals surface area contributed by atoms with Gasteiger partial charge in [0, 0.05) is 6.04 Å². The standard InChI is InChI=1S/C12H16FNO2/c1-16-10-5-4-8(11(13)12(10)15)7-9-3-2-6-14-9/h4-5,9,14-15H,2-3,6-7H2,1H3. The van der Waals surface area contributed by atoms with Crippen molar-refractivity contribution in [2.24, 2.45) is 0 Å². The number of methoxy groups -OCH3 is 1. The van der Waals surface area contributed by atoms with Gasteiger partial charge in [0.2, 0.25) is 0 Å². The first-order valence-corrected chi connectivity index (χ1v) is 5.50. The van der Waals surface area contributed by atoms with Crippen LogP contribution in [0, 0.1) is 5.82 Å². The number of phenolic OH excluding ortho intramolecular Hbond substituents is 1. The quantitative estimate of drug-likeness (QED) is 0.824. The molecule has 1 atom stereocenters. The van der Waals surface area contributed by atoms with Gasteiger partial charge in [-0.15, -0.1) is 0 Å². The molecule has 1 unspecified atom stereocenters. The molecule has 0 radical (unpaired) electrons. The second-order valence-corrected chi connectivity index (χ2v) is 4.09. The average Bonchev–Trinajstić information content (AvgIpc) is 2.78. The largest absolute Gasteiger partial charge is 0.502 e. The van der Waals surface area contributed by atoms with Gasteiger partial charge in [0.1, 0.15) is 0 Å². The molecule has 4 heteroatoms. The van der Waals surface area contributed by atoms with E-state index in [1.807, 2.05) is 0 Å². The molecule has 1 aliphatic heterocycles. The molecular formula is C12H16FNO2. The van der Waals surface area contributed by atoms with E-state index in [0.717, 1.165) is 19.4 Å². The molecule has 0 bridgehead atoms. The van der Waals surface area contributed by atoms with Gasteiger partial charge in [0.15, 0.2) is 17.3 Å². The van der Waals surface area contributed by atoms with Crippen molar-refractivity contribution in [2.45, 2.75) is 25.3 Å². The number of phenols is 1. The van der Waals surface area contributed by atoms with Crippen molar-refractivity contribution in [1.29, 1.82) is 0 Å². The normalized spacial score (nSPS) is 20.0. The average molecular weight is 225 g/mol. The first-order valence-electron chi connectivity index (χ1n) is 5.50. The fraction of sp³-hybridized carbons (Fsp3) is 0.500. The molecule has 0 aliphatic carbocycles. The van der Waals surface area contributed by atoms with Gasteiger partial charge < -0.3 is 15.2 Å². The zero-order valence-corrected chi connectivity index (χ0v) is 9.29. The highest BCUT2D eigenvalue weighted by Gasteiger charge is 2.19. The van der Waals surface area contributed by atoms with Gasteiger partial charge >= 0.3 is 0 Å². The maximum Gasteiger partial charge on any atom is 0.194 e. The number of nitrogens with one attached hydrogen (secondary N) is 1.